The van der Waals surface area contributed by atoms with Crippen molar-refractivity contribution >= 4 is 6.21 Å². The molecule has 1 aliphatic carbocycles. The number of aliphatic hydroxyl groups is 1. The van der Waals surface area contributed by atoms with E-state index in [1.54, 1.807) is 6.07 Å². The maximum absolute atomic E-state index is 10.8. The molecule has 2 aromatic rings. The molecular formula is C22H23NO2. The molecule has 4 rings (SSSR count). The number of rotatable bonds is 4. The molecule has 1 aliphatic heterocycles. The van der Waals surface area contributed by atoms with E-state index in [0.717, 1.165) is 24.8 Å². The van der Waals surface area contributed by atoms with E-state index in [4.69, 9.17) is 4.99 Å². The summed E-state index contributed by atoms with van der Waals surface area (Å²) in [6, 6.07) is 15.5. The highest BCUT2D eigenvalue weighted by Gasteiger charge is 2.40. The van der Waals surface area contributed by atoms with Gasteiger partial charge in [-0.2, -0.15) is 0 Å². The summed E-state index contributed by atoms with van der Waals surface area (Å²) in [7, 11) is 0. The summed E-state index contributed by atoms with van der Waals surface area (Å²) in [5, 5.41) is 20.6. The second-order valence-electron chi connectivity index (χ2n) is 7.15. The molecule has 25 heavy (non-hydrogen) atoms. The average molecular weight is 333 g/mol. The fourth-order valence-corrected chi connectivity index (χ4v) is 4.24. The monoisotopic (exact) mass is 333 g/mol. The average Bonchev–Trinajstić information content (AvgIpc) is 3.11. The Bertz CT molecular complexity index is 798. The van der Waals surface area contributed by atoms with Gasteiger partial charge < -0.3 is 10.2 Å². The Morgan fingerprint density at radius 3 is 2.72 bits per heavy atom. The number of benzene rings is 2. The molecule has 3 nitrogen and oxygen atoms in total. The molecule has 3 heteroatoms. The van der Waals surface area contributed by atoms with E-state index >= 15 is 0 Å². The molecule has 2 aliphatic rings. The maximum Gasteiger partial charge on any atom is 0.115 e. The first-order valence-electron chi connectivity index (χ1n) is 8.93. The molecule has 0 fully saturated rings. The fourth-order valence-electron chi connectivity index (χ4n) is 4.24. The van der Waals surface area contributed by atoms with Gasteiger partial charge in [0.1, 0.15) is 5.75 Å². The predicted octanol–water partition coefficient (Wildman–Crippen LogP) is 4.00. The smallest absolute Gasteiger partial charge is 0.115 e. The number of aryl methyl sites for hydroxylation is 1. The third kappa shape index (κ3) is 3.12. The third-order valence-electron chi connectivity index (χ3n) is 5.62. The lowest BCUT2D eigenvalue weighted by Gasteiger charge is -2.38. The van der Waals surface area contributed by atoms with E-state index in [9.17, 15) is 10.2 Å². The van der Waals surface area contributed by atoms with Crippen LogP contribution >= 0.6 is 0 Å². The zero-order chi connectivity index (χ0) is 17.3. The van der Waals surface area contributed by atoms with Crippen LogP contribution in [0.15, 0.2) is 65.7 Å². The lowest BCUT2D eigenvalue weighted by Crippen LogP contribution is -2.38. The number of aliphatic hydroxyl groups excluding tert-OH is 1. The van der Waals surface area contributed by atoms with Crippen molar-refractivity contribution in [2.75, 3.05) is 0 Å². The summed E-state index contributed by atoms with van der Waals surface area (Å²) in [6.07, 6.45) is 8.97. The molecule has 0 saturated heterocycles. The Kier molecular flexibility index (Phi) is 4.18. The van der Waals surface area contributed by atoms with Crippen LogP contribution in [0.2, 0.25) is 0 Å². The number of phenols is 1. The van der Waals surface area contributed by atoms with Gasteiger partial charge in [-0.3, -0.25) is 4.99 Å². The van der Waals surface area contributed by atoms with E-state index in [1.807, 2.05) is 54.8 Å². The molecule has 3 atom stereocenters. The first-order chi connectivity index (χ1) is 12.2. The van der Waals surface area contributed by atoms with Crippen LogP contribution in [0.1, 0.15) is 35.6 Å². The van der Waals surface area contributed by atoms with Crippen molar-refractivity contribution in [1.82, 2.24) is 0 Å². The van der Waals surface area contributed by atoms with Crippen LogP contribution in [0.4, 0.5) is 0 Å². The lowest BCUT2D eigenvalue weighted by molar-refractivity contribution is 0.123. The quantitative estimate of drug-likeness (QED) is 0.888. The van der Waals surface area contributed by atoms with Crippen LogP contribution in [0, 0.1) is 5.92 Å². The van der Waals surface area contributed by atoms with Crippen molar-refractivity contribution in [2.45, 2.75) is 37.3 Å². The Balaban J connectivity index is 1.59. The van der Waals surface area contributed by atoms with Crippen LogP contribution in [-0.4, -0.2) is 22.0 Å². The van der Waals surface area contributed by atoms with Gasteiger partial charge in [0.05, 0.1) is 11.6 Å². The van der Waals surface area contributed by atoms with Gasteiger partial charge in [-0.15, -0.1) is 0 Å². The number of hydrogen-bond acceptors (Lipinski definition) is 3. The molecule has 2 N–H and O–H groups in total. The molecule has 1 heterocycles. The second-order valence-corrected chi connectivity index (χ2v) is 7.15. The molecule has 0 spiro atoms. The SMILES string of the molecule is Oc1ccc2c(c1)CC(C1(C[C@H](O)c3ccccc3)C=CC=N1)CC2. The summed E-state index contributed by atoms with van der Waals surface area (Å²) in [5.41, 5.74) is 3.10. The number of allylic oxidation sites excluding steroid dienone is 1. The van der Waals surface area contributed by atoms with Crippen molar-refractivity contribution in [3.05, 3.63) is 77.4 Å². The minimum absolute atomic E-state index is 0.322. The Morgan fingerprint density at radius 1 is 1.12 bits per heavy atom. The Labute approximate surface area is 148 Å². The van der Waals surface area contributed by atoms with Crippen molar-refractivity contribution in [3.8, 4) is 5.75 Å². The van der Waals surface area contributed by atoms with Crippen molar-refractivity contribution in [1.29, 1.82) is 0 Å². The summed E-state index contributed by atoms with van der Waals surface area (Å²) < 4.78 is 0. The normalized spacial score (nSPS) is 25.7. The van der Waals surface area contributed by atoms with Gasteiger partial charge in [-0.1, -0.05) is 42.5 Å². The van der Waals surface area contributed by atoms with Crippen LogP contribution in [0.5, 0.6) is 5.75 Å². The summed E-state index contributed by atoms with van der Waals surface area (Å²) >= 11 is 0. The summed E-state index contributed by atoms with van der Waals surface area (Å²) in [6.45, 7) is 0. The summed E-state index contributed by atoms with van der Waals surface area (Å²) in [5.74, 6) is 0.651. The molecule has 0 aromatic heterocycles. The lowest BCUT2D eigenvalue weighted by atomic mass is 9.70. The van der Waals surface area contributed by atoms with Crippen LogP contribution < -0.4 is 0 Å². The van der Waals surface area contributed by atoms with Gasteiger partial charge >= 0.3 is 0 Å². The minimum atomic E-state index is -0.535. The molecule has 0 amide bonds. The zero-order valence-corrected chi connectivity index (χ0v) is 14.2. The van der Waals surface area contributed by atoms with E-state index in [-0.39, 0.29) is 5.54 Å². The zero-order valence-electron chi connectivity index (χ0n) is 14.2. The topological polar surface area (TPSA) is 52.8 Å². The second kappa shape index (κ2) is 6.49. The first kappa shape index (κ1) is 16.1. The molecule has 0 bridgehead atoms. The highest BCUT2D eigenvalue weighted by molar-refractivity contribution is 5.75. The third-order valence-corrected chi connectivity index (χ3v) is 5.62. The van der Waals surface area contributed by atoms with Crippen LogP contribution in [0.3, 0.4) is 0 Å². The molecule has 2 unspecified atom stereocenters. The Hall–Kier alpha value is -2.39. The van der Waals surface area contributed by atoms with Crippen LogP contribution in [-0.2, 0) is 12.8 Å². The van der Waals surface area contributed by atoms with Gasteiger partial charge in [0.25, 0.3) is 0 Å². The number of hydrogen-bond donors (Lipinski definition) is 2. The van der Waals surface area contributed by atoms with E-state index in [2.05, 4.69) is 6.08 Å². The molecule has 128 valence electrons. The number of fused-ring (bicyclic) bond motifs is 1. The molecule has 2 aromatic carbocycles. The van der Waals surface area contributed by atoms with Crippen molar-refractivity contribution in [3.63, 3.8) is 0 Å². The van der Waals surface area contributed by atoms with Crippen molar-refractivity contribution in [2.24, 2.45) is 10.9 Å². The Morgan fingerprint density at radius 2 is 1.96 bits per heavy atom. The number of nitrogens with zero attached hydrogens (tertiary/aromatic N) is 1. The van der Waals surface area contributed by atoms with E-state index in [1.165, 1.54) is 11.1 Å². The van der Waals surface area contributed by atoms with E-state index in [0.29, 0.717) is 18.1 Å². The number of aliphatic imine (C=N–C) groups is 1. The number of phenolic OH excluding ortho intramolecular Hbond substituents is 1. The molecule has 0 saturated carbocycles. The van der Waals surface area contributed by atoms with Gasteiger partial charge in [-0.05, 0) is 60.1 Å². The van der Waals surface area contributed by atoms with Gasteiger partial charge in [0, 0.05) is 12.6 Å². The largest absolute Gasteiger partial charge is 0.508 e. The summed E-state index contributed by atoms with van der Waals surface area (Å²) in [4.78, 5) is 4.79. The van der Waals surface area contributed by atoms with Gasteiger partial charge in [0.15, 0.2) is 0 Å². The highest BCUT2D eigenvalue weighted by Crippen LogP contribution is 2.42. The van der Waals surface area contributed by atoms with Crippen LogP contribution in [0.25, 0.3) is 0 Å². The minimum Gasteiger partial charge on any atom is -0.508 e. The maximum atomic E-state index is 10.8. The standard InChI is InChI=1S/C22H23NO2/c24-20-10-8-16-7-9-19(13-18(16)14-20)22(11-4-12-23-22)15-21(25)17-5-2-1-3-6-17/h1-6,8,10-12,14,19,21,24-25H,7,9,13,15H2/t19?,21-,22?/m0/s1. The van der Waals surface area contributed by atoms with Gasteiger partial charge in [-0.25, -0.2) is 0 Å². The highest BCUT2D eigenvalue weighted by atomic mass is 16.3. The predicted molar refractivity (Wildman–Crippen MR) is 100 cm³/mol. The van der Waals surface area contributed by atoms with E-state index < -0.39 is 6.10 Å². The van der Waals surface area contributed by atoms with Crippen molar-refractivity contribution < 1.29 is 10.2 Å². The fraction of sp³-hybridized carbons (Fsp3) is 0.318. The molecule has 0 radical (unpaired) electrons. The molecular weight excluding hydrogens is 310 g/mol. The number of aromatic hydroxyl groups is 1. The first-order valence-corrected chi connectivity index (χ1v) is 8.93. The van der Waals surface area contributed by atoms with Gasteiger partial charge in [0.2, 0.25) is 0 Å².